The van der Waals surface area contributed by atoms with Crippen molar-refractivity contribution in [1.29, 1.82) is 0 Å². The highest BCUT2D eigenvalue weighted by molar-refractivity contribution is 6.00. The number of fused-ring (bicyclic) bond motifs is 1. The molecule has 6 heteroatoms. The Labute approximate surface area is 211 Å². The Morgan fingerprint density at radius 3 is 2.47 bits per heavy atom. The molecule has 2 heterocycles. The number of H-pyrrole nitrogens is 1. The van der Waals surface area contributed by atoms with Gasteiger partial charge in [0, 0.05) is 17.7 Å². The average Bonchev–Trinajstić information content (AvgIpc) is 3.45. The molecule has 0 bridgehead atoms. The van der Waals surface area contributed by atoms with E-state index in [2.05, 4.69) is 29.3 Å². The number of carbonyl (C=O) groups excluding carboxylic acids is 1. The lowest BCUT2D eigenvalue weighted by Gasteiger charge is -2.26. The van der Waals surface area contributed by atoms with Gasteiger partial charge in [-0.1, -0.05) is 74.4 Å². The molecule has 0 spiro atoms. The number of aromatic nitrogens is 2. The number of ether oxygens (including phenoxy) is 1. The van der Waals surface area contributed by atoms with Gasteiger partial charge in [-0.25, -0.2) is 0 Å². The number of hydrogen-bond acceptors (Lipinski definition) is 4. The molecular weight excluding hydrogens is 450 g/mol. The summed E-state index contributed by atoms with van der Waals surface area (Å²) in [6, 6.07) is 25.0. The van der Waals surface area contributed by atoms with Crippen molar-refractivity contribution in [2.24, 2.45) is 0 Å². The van der Waals surface area contributed by atoms with Crippen LogP contribution in [0.1, 0.15) is 59.4 Å². The zero-order valence-electron chi connectivity index (χ0n) is 20.5. The Hall–Kier alpha value is -4.06. The van der Waals surface area contributed by atoms with Gasteiger partial charge in [-0.2, -0.15) is 5.10 Å². The van der Waals surface area contributed by atoms with E-state index in [1.54, 1.807) is 12.1 Å². The van der Waals surface area contributed by atoms with E-state index in [0.29, 0.717) is 30.1 Å². The lowest BCUT2D eigenvalue weighted by molar-refractivity contribution is 0.0746. The maximum atomic E-state index is 13.6. The maximum absolute atomic E-state index is 13.6. The fraction of sp³-hybridized carbons (Fsp3) is 0.267. The van der Waals surface area contributed by atoms with Crippen molar-refractivity contribution in [2.45, 2.75) is 38.6 Å². The fourth-order valence-electron chi connectivity index (χ4n) is 4.84. The van der Waals surface area contributed by atoms with Crippen LogP contribution in [0.4, 0.5) is 0 Å². The van der Waals surface area contributed by atoms with E-state index in [4.69, 9.17) is 4.74 Å². The summed E-state index contributed by atoms with van der Waals surface area (Å²) in [7, 11) is 0. The molecule has 4 aromatic rings. The van der Waals surface area contributed by atoms with Crippen molar-refractivity contribution in [3.8, 4) is 22.8 Å². The van der Waals surface area contributed by atoms with Crippen molar-refractivity contribution in [1.82, 2.24) is 15.1 Å². The molecule has 1 amide bonds. The SMILES string of the molecule is CCCCCOc1ccc([C@@H]2c3c(-c4ccccc4O)n[nH]c3C(=O)N2CCc2ccccc2)cc1. The van der Waals surface area contributed by atoms with Crippen molar-refractivity contribution in [2.75, 3.05) is 13.2 Å². The van der Waals surface area contributed by atoms with E-state index in [0.717, 1.165) is 42.6 Å². The molecular formula is C30H31N3O3. The highest BCUT2D eigenvalue weighted by atomic mass is 16.5. The van der Waals surface area contributed by atoms with Crippen LogP contribution >= 0.6 is 0 Å². The summed E-state index contributed by atoms with van der Waals surface area (Å²) < 4.78 is 5.91. The van der Waals surface area contributed by atoms with Gasteiger partial charge in [-0.15, -0.1) is 0 Å². The molecule has 5 rings (SSSR count). The van der Waals surface area contributed by atoms with Crippen molar-refractivity contribution in [3.05, 3.63) is 101 Å². The van der Waals surface area contributed by atoms with Gasteiger partial charge in [0.25, 0.3) is 5.91 Å². The summed E-state index contributed by atoms with van der Waals surface area (Å²) in [5.41, 5.74) is 4.64. The standard InChI is InChI=1S/C30H31N3O3/c1-2-3-9-20-36-23-16-14-22(15-17-23)29-26-27(24-12-7-8-13-25(24)34)31-32-28(26)30(35)33(29)19-18-21-10-5-4-6-11-21/h4-8,10-17,29,34H,2-3,9,18-20H2,1H3,(H,31,32)/t29-/m1/s1. The first-order valence-electron chi connectivity index (χ1n) is 12.6. The third-order valence-corrected chi connectivity index (χ3v) is 6.72. The number of carbonyl (C=O) groups is 1. The Morgan fingerprint density at radius 2 is 1.72 bits per heavy atom. The van der Waals surface area contributed by atoms with Crippen LogP contribution in [0.25, 0.3) is 11.3 Å². The summed E-state index contributed by atoms with van der Waals surface area (Å²) in [6.45, 7) is 3.43. The van der Waals surface area contributed by atoms with Crippen molar-refractivity contribution in [3.63, 3.8) is 0 Å². The van der Waals surface area contributed by atoms with Crippen LogP contribution in [-0.4, -0.2) is 39.3 Å². The minimum Gasteiger partial charge on any atom is -0.507 e. The van der Waals surface area contributed by atoms with E-state index >= 15 is 0 Å². The number of phenols is 1. The number of nitrogens with one attached hydrogen (secondary N) is 1. The molecule has 36 heavy (non-hydrogen) atoms. The number of aromatic hydroxyl groups is 1. The number of amides is 1. The van der Waals surface area contributed by atoms with Crippen molar-refractivity contribution < 1.29 is 14.6 Å². The number of nitrogens with zero attached hydrogens (tertiary/aromatic N) is 2. The van der Waals surface area contributed by atoms with E-state index in [-0.39, 0.29) is 17.7 Å². The van der Waals surface area contributed by atoms with Gasteiger partial charge in [0.15, 0.2) is 0 Å². The second-order valence-corrected chi connectivity index (χ2v) is 9.14. The van der Waals surface area contributed by atoms with E-state index in [9.17, 15) is 9.90 Å². The summed E-state index contributed by atoms with van der Waals surface area (Å²) in [5.74, 6) is 0.875. The molecule has 1 aliphatic heterocycles. The quantitative estimate of drug-likeness (QED) is 0.267. The molecule has 0 aliphatic carbocycles. The van der Waals surface area contributed by atoms with Gasteiger partial charge in [-0.05, 0) is 48.2 Å². The molecule has 1 aliphatic rings. The van der Waals surface area contributed by atoms with Crippen LogP contribution in [0.5, 0.6) is 11.5 Å². The minimum absolute atomic E-state index is 0.0833. The van der Waals surface area contributed by atoms with Gasteiger partial charge in [-0.3, -0.25) is 9.89 Å². The lowest BCUT2D eigenvalue weighted by atomic mass is 9.95. The van der Waals surface area contributed by atoms with Crippen LogP contribution in [0.15, 0.2) is 78.9 Å². The molecule has 0 fully saturated rings. The number of benzene rings is 3. The molecule has 1 aromatic heterocycles. The third kappa shape index (κ3) is 4.71. The van der Waals surface area contributed by atoms with Crippen LogP contribution in [-0.2, 0) is 6.42 Å². The number of aromatic amines is 1. The first-order valence-corrected chi connectivity index (χ1v) is 12.6. The molecule has 3 aromatic carbocycles. The molecule has 2 N–H and O–H groups in total. The summed E-state index contributed by atoms with van der Waals surface area (Å²) in [5, 5.41) is 18.0. The monoisotopic (exact) mass is 481 g/mol. The highest BCUT2D eigenvalue weighted by Gasteiger charge is 2.42. The van der Waals surface area contributed by atoms with E-state index in [1.165, 1.54) is 5.56 Å². The number of para-hydroxylation sites is 1. The average molecular weight is 482 g/mol. The van der Waals surface area contributed by atoms with Crippen LogP contribution in [0.2, 0.25) is 0 Å². The first-order chi connectivity index (χ1) is 17.7. The number of unbranched alkanes of at least 4 members (excludes halogenated alkanes) is 2. The van der Waals surface area contributed by atoms with Gasteiger partial charge in [0.1, 0.15) is 22.9 Å². The first kappa shape index (κ1) is 23.7. The number of phenolic OH excluding ortho intramolecular Hbond substituents is 1. The van der Waals surface area contributed by atoms with Crippen LogP contribution in [0.3, 0.4) is 0 Å². The molecule has 6 nitrogen and oxygen atoms in total. The number of rotatable bonds is 10. The Morgan fingerprint density at radius 1 is 0.972 bits per heavy atom. The Kier molecular flexibility index (Phi) is 7.03. The van der Waals surface area contributed by atoms with E-state index in [1.807, 2.05) is 59.5 Å². The zero-order chi connectivity index (χ0) is 24.9. The Bertz CT molecular complexity index is 1320. The summed E-state index contributed by atoms with van der Waals surface area (Å²) >= 11 is 0. The zero-order valence-corrected chi connectivity index (χ0v) is 20.5. The van der Waals surface area contributed by atoms with Crippen molar-refractivity contribution >= 4 is 5.91 Å². The third-order valence-electron chi connectivity index (χ3n) is 6.72. The molecule has 0 saturated heterocycles. The van der Waals surface area contributed by atoms with Crippen LogP contribution < -0.4 is 4.74 Å². The molecule has 0 unspecified atom stereocenters. The predicted octanol–water partition coefficient (Wildman–Crippen LogP) is 6.14. The molecule has 0 radical (unpaired) electrons. The van der Waals surface area contributed by atoms with E-state index < -0.39 is 0 Å². The molecule has 1 atom stereocenters. The minimum atomic E-state index is -0.321. The Balaban J connectivity index is 1.49. The topological polar surface area (TPSA) is 78.5 Å². The smallest absolute Gasteiger partial charge is 0.273 e. The van der Waals surface area contributed by atoms with Gasteiger partial charge >= 0.3 is 0 Å². The van der Waals surface area contributed by atoms with Gasteiger partial charge in [0.05, 0.1) is 12.6 Å². The fourth-order valence-corrected chi connectivity index (χ4v) is 4.84. The van der Waals surface area contributed by atoms with Gasteiger partial charge < -0.3 is 14.7 Å². The lowest BCUT2D eigenvalue weighted by Crippen LogP contribution is -2.31. The highest BCUT2D eigenvalue weighted by Crippen LogP contribution is 2.44. The molecule has 184 valence electrons. The largest absolute Gasteiger partial charge is 0.507 e. The summed E-state index contributed by atoms with van der Waals surface area (Å²) in [4.78, 5) is 15.5. The molecule has 0 saturated carbocycles. The normalized spacial score (nSPS) is 14.8. The summed E-state index contributed by atoms with van der Waals surface area (Å²) in [6.07, 6.45) is 4.08. The van der Waals surface area contributed by atoms with Crippen LogP contribution in [0, 0.1) is 0 Å². The second kappa shape index (κ2) is 10.7. The predicted molar refractivity (Wildman–Crippen MR) is 140 cm³/mol. The maximum Gasteiger partial charge on any atom is 0.273 e. The second-order valence-electron chi connectivity index (χ2n) is 9.14. The number of hydrogen-bond donors (Lipinski definition) is 2. The van der Waals surface area contributed by atoms with Gasteiger partial charge in [0.2, 0.25) is 0 Å².